The summed E-state index contributed by atoms with van der Waals surface area (Å²) in [5.74, 6) is 0. The SMILES string of the molecule is c1ccc(C2=PCC(c3ccccc3)=C2c2ccccc2)cc1. The van der Waals surface area contributed by atoms with Gasteiger partial charge in [0.05, 0.1) is 0 Å². The van der Waals surface area contributed by atoms with Crippen LogP contribution in [0, 0.1) is 0 Å². The van der Waals surface area contributed by atoms with Gasteiger partial charge in [-0.1, -0.05) is 99.2 Å². The molecule has 0 amide bonds. The Bertz CT molecular complexity index is 860. The van der Waals surface area contributed by atoms with Gasteiger partial charge in [-0.15, -0.1) is 0 Å². The Kier molecular flexibility index (Phi) is 3.92. The Morgan fingerprint density at radius 2 is 1.00 bits per heavy atom. The fourth-order valence-corrected chi connectivity index (χ4v) is 4.49. The molecule has 0 nitrogen and oxygen atoms in total. The molecule has 1 heteroatoms. The van der Waals surface area contributed by atoms with E-state index in [1.165, 1.54) is 41.3 Å². The molecule has 0 unspecified atom stereocenters. The number of hydrogen-bond donors (Lipinski definition) is 0. The molecule has 0 atom stereocenters. The summed E-state index contributed by atoms with van der Waals surface area (Å²) < 4.78 is 0. The van der Waals surface area contributed by atoms with E-state index in [2.05, 4.69) is 91.0 Å². The Hall–Kier alpha value is -2.43. The summed E-state index contributed by atoms with van der Waals surface area (Å²) in [5, 5.41) is 1.44. The van der Waals surface area contributed by atoms with Crippen LogP contribution in [-0.4, -0.2) is 11.5 Å². The Labute approximate surface area is 138 Å². The van der Waals surface area contributed by atoms with Crippen molar-refractivity contribution in [2.45, 2.75) is 0 Å². The highest BCUT2D eigenvalue weighted by Gasteiger charge is 2.21. The average Bonchev–Trinajstić information content (AvgIpc) is 3.09. The Morgan fingerprint density at radius 3 is 1.57 bits per heavy atom. The first-order chi connectivity index (χ1) is 11.4. The summed E-state index contributed by atoms with van der Waals surface area (Å²) in [7, 11) is 1.39. The molecule has 0 saturated heterocycles. The predicted octanol–water partition coefficient (Wildman–Crippen LogP) is 5.78. The number of allylic oxidation sites excluding steroid dienone is 2. The van der Waals surface area contributed by atoms with Crippen molar-refractivity contribution in [2.24, 2.45) is 0 Å². The maximum Gasteiger partial charge on any atom is 0.0164 e. The van der Waals surface area contributed by atoms with E-state index in [-0.39, 0.29) is 0 Å². The second-order valence-corrected chi connectivity index (χ2v) is 6.70. The first kappa shape index (κ1) is 14.2. The van der Waals surface area contributed by atoms with Gasteiger partial charge in [0.25, 0.3) is 0 Å². The van der Waals surface area contributed by atoms with E-state index in [9.17, 15) is 0 Å². The van der Waals surface area contributed by atoms with Crippen LogP contribution < -0.4 is 0 Å². The van der Waals surface area contributed by atoms with Crippen molar-refractivity contribution in [3.8, 4) is 0 Å². The van der Waals surface area contributed by atoms with E-state index < -0.39 is 0 Å². The summed E-state index contributed by atoms with van der Waals surface area (Å²) in [5.41, 5.74) is 6.85. The molecule has 23 heavy (non-hydrogen) atoms. The quantitative estimate of drug-likeness (QED) is 0.538. The molecule has 3 aromatic rings. The lowest BCUT2D eigenvalue weighted by Crippen LogP contribution is -2.01. The molecule has 4 rings (SSSR count). The average molecular weight is 312 g/mol. The van der Waals surface area contributed by atoms with Gasteiger partial charge in [0, 0.05) is 11.5 Å². The fourth-order valence-electron chi connectivity index (χ4n) is 3.08. The van der Waals surface area contributed by atoms with E-state index in [1.54, 1.807) is 0 Å². The molecule has 1 aliphatic heterocycles. The molecule has 0 fully saturated rings. The molecule has 0 saturated carbocycles. The molecule has 1 aliphatic rings. The van der Waals surface area contributed by atoms with Crippen LogP contribution in [0.4, 0.5) is 0 Å². The van der Waals surface area contributed by atoms with Gasteiger partial charge in [-0.05, 0) is 27.8 Å². The topological polar surface area (TPSA) is 0 Å². The third kappa shape index (κ3) is 2.79. The van der Waals surface area contributed by atoms with Gasteiger partial charge < -0.3 is 0 Å². The molecule has 0 spiro atoms. The molecule has 0 aromatic heterocycles. The van der Waals surface area contributed by atoms with E-state index in [0.717, 1.165) is 6.16 Å². The molecule has 0 N–H and O–H groups in total. The van der Waals surface area contributed by atoms with Crippen molar-refractivity contribution in [1.82, 2.24) is 0 Å². The van der Waals surface area contributed by atoms with Crippen molar-refractivity contribution in [3.63, 3.8) is 0 Å². The first-order valence-corrected chi connectivity index (χ1v) is 8.96. The van der Waals surface area contributed by atoms with E-state index in [4.69, 9.17) is 0 Å². The Morgan fingerprint density at radius 1 is 0.522 bits per heavy atom. The standard InChI is InChI=1S/C22H17P/c1-4-10-17(11-5-1)20-16-23-22(19-14-8-3-9-15-19)21(20)18-12-6-2-7-13-18/h1-15H,16H2. The summed E-state index contributed by atoms with van der Waals surface area (Å²) in [6, 6.07) is 32.4. The summed E-state index contributed by atoms with van der Waals surface area (Å²) in [6.45, 7) is 0. The maximum absolute atomic E-state index is 2.22. The molecule has 1 heterocycles. The van der Waals surface area contributed by atoms with Gasteiger partial charge in [0.1, 0.15) is 0 Å². The van der Waals surface area contributed by atoms with Gasteiger partial charge in [0.2, 0.25) is 0 Å². The van der Waals surface area contributed by atoms with E-state index in [1.807, 2.05) is 0 Å². The monoisotopic (exact) mass is 312 g/mol. The molecular formula is C22H17P. The Balaban J connectivity index is 1.91. The largest absolute Gasteiger partial charge is 0.0904 e. The number of hydrogen-bond acceptors (Lipinski definition) is 0. The van der Waals surface area contributed by atoms with Gasteiger partial charge in [0.15, 0.2) is 0 Å². The van der Waals surface area contributed by atoms with Gasteiger partial charge in [-0.25, -0.2) is 0 Å². The molecule has 3 aromatic carbocycles. The van der Waals surface area contributed by atoms with Crippen LogP contribution in [0.3, 0.4) is 0 Å². The normalized spacial score (nSPS) is 14.7. The highest BCUT2D eigenvalue weighted by Crippen LogP contribution is 2.40. The lowest BCUT2D eigenvalue weighted by molar-refractivity contribution is 1.57. The lowest BCUT2D eigenvalue weighted by atomic mass is 9.91. The number of benzene rings is 3. The second kappa shape index (κ2) is 6.36. The van der Waals surface area contributed by atoms with Crippen LogP contribution in [0.5, 0.6) is 0 Å². The van der Waals surface area contributed by atoms with Crippen molar-refractivity contribution < 1.29 is 0 Å². The lowest BCUT2D eigenvalue weighted by Gasteiger charge is -2.13. The second-order valence-electron chi connectivity index (χ2n) is 5.62. The fraction of sp³-hybridized carbons (Fsp3) is 0.0455. The van der Waals surface area contributed by atoms with Crippen LogP contribution in [0.15, 0.2) is 91.0 Å². The summed E-state index contributed by atoms with van der Waals surface area (Å²) >= 11 is 0. The van der Waals surface area contributed by atoms with Crippen LogP contribution in [-0.2, 0) is 0 Å². The highest BCUT2D eigenvalue weighted by molar-refractivity contribution is 7.45. The van der Waals surface area contributed by atoms with Crippen molar-refractivity contribution in [3.05, 3.63) is 108 Å². The van der Waals surface area contributed by atoms with Gasteiger partial charge >= 0.3 is 0 Å². The zero-order chi connectivity index (χ0) is 15.5. The van der Waals surface area contributed by atoms with Crippen LogP contribution in [0.1, 0.15) is 16.7 Å². The smallest absolute Gasteiger partial charge is 0.0164 e. The van der Waals surface area contributed by atoms with Crippen molar-refractivity contribution in [1.29, 1.82) is 0 Å². The molecule has 0 bridgehead atoms. The molecule has 0 radical (unpaired) electrons. The predicted molar refractivity (Wildman–Crippen MR) is 102 cm³/mol. The third-order valence-electron chi connectivity index (χ3n) is 4.17. The summed E-state index contributed by atoms with van der Waals surface area (Å²) in [6.07, 6.45) is 1.08. The van der Waals surface area contributed by atoms with Gasteiger partial charge in [-0.2, -0.15) is 0 Å². The molecular weight excluding hydrogens is 295 g/mol. The van der Waals surface area contributed by atoms with Crippen LogP contribution in [0.2, 0.25) is 0 Å². The first-order valence-electron chi connectivity index (χ1n) is 7.88. The van der Waals surface area contributed by atoms with Crippen molar-refractivity contribution >= 4 is 24.6 Å². The minimum atomic E-state index is 1.08. The zero-order valence-electron chi connectivity index (χ0n) is 12.8. The zero-order valence-corrected chi connectivity index (χ0v) is 13.7. The van der Waals surface area contributed by atoms with Gasteiger partial charge in [-0.3, -0.25) is 0 Å². The molecule has 110 valence electrons. The minimum absolute atomic E-state index is 1.08. The molecule has 0 aliphatic carbocycles. The van der Waals surface area contributed by atoms with E-state index >= 15 is 0 Å². The summed E-state index contributed by atoms with van der Waals surface area (Å²) in [4.78, 5) is 0. The maximum atomic E-state index is 2.22. The van der Waals surface area contributed by atoms with Crippen LogP contribution in [0.25, 0.3) is 11.1 Å². The van der Waals surface area contributed by atoms with Crippen LogP contribution >= 0.6 is 8.20 Å². The highest BCUT2D eigenvalue weighted by atomic mass is 31.1. The minimum Gasteiger partial charge on any atom is -0.0904 e. The van der Waals surface area contributed by atoms with Crippen molar-refractivity contribution in [2.75, 3.05) is 6.16 Å². The number of rotatable bonds is 3. The van der Waals surface area contributed by atoms with E-state index in [0.29, 0.717) is 0 Å². The third-order valence-corrected chi connectivity index (χ3v) is 5.44.